The molecule has 2 fully saturated rings. The molecule has 0 spiro atoms. The number of carbonyl (C=O) groups excluding carboxylic acids is 2. The summed E-state index contributed by atoms with van der Waals surface area (Å²) in [6, 6.07) is 11.1. The molecule has 2 aliphatic rings. The van der Waals surface area contributed by atoms with Crippen molar-refractivity contribution in [2.24, 2.45) is 0 Å². The molecule has 5 rings (SSSR count). The van der Waals surface area contributed by atoms with Crippen LogP contribution in [0, 0.1) is 5.82 Å². The zero-order valence-corrected chi connectivity index (χ0v) is 22.7. The van der Waals surface area contributed by atoms with E-state index in [0.717, 1.165) is 32.1 Å². The van der Waals surface area contributed by atoms with Gasteiger partial charge in [0, 0.05) is 47.9 Å². The molecule has 0 saturated carbocycles. The van der Waals surface area contributed by atoms with Crippen molar-refractivity contribution in [3.63, 3.8) is 0 Å². The van der Waals surface area contributed by atoms with E-state index in [1.807, 2.05) is 4.90 Å². The number of fused-ring (bicyclic) bond motifs is 1. The van der Waals surface area contributed by atoms with Gasteiger partial charge in [-0.25, -0.2) is 4.39 Å². The van der Waals surface area contributed by atoms with Crippen LogP contribution < -0.4 is 15.4 Å². The fourth-order valence-corrected chi connectivity index (χ4v) is 5.80. The third-order valence-corrected chi connectivity index (χ3v) is 7.90. The van der Waals surface area contributed by atoms with Crippen LogP contribution in [0.25, 0.3) is 0 Å². The van der Waals surface area contributed by atoms with Gasteiger partial charge in [-0.05, 0) is 62.7 Å². The number of benzene rings is 2. The second-order valence-electron chi connectivity index (χ2n) is 9.57. The Morgan fingerprint density at radius 3 is 2.69 bits per heavy atom. The number of hydrogen-bond acceptors (Lipinski definition) is 7. The van der Waals surface area contributed by atoms with Crippen molar-refractivity contribution in [3.8, 4) is 5.75 Å². The molecule has 0 radical (unpaired) electrons. The number of amides is 2. The SMILES string of the molecule is C[C@@H](Oc1cc(N(C=O)c2ccc(C(=O)N3CCN4CCCC4C3)cc2)nnc1N)c1c(Cl)ccc(F)c1Cl. The molecular weight excluding hydrogens is 546 g/mol. The maximum absolute atomic E-state index is 14.0. The highest BCUT2D eigenvalue weighted by atomic mass is 35.5. The summed E-state index contributed by atoms with van der Waals surface area (Å²) in [5, 5.41) is 8.00. The second kappa shape index (κ2) is 11.3. The lowest BCUT2D eigenvalue weighted by molar-refractivity contribution is -0.106. The number of nitrogens with zero attached hydrogens (tertiary/aromatic N) is 5. The van der Waals surface area contributed by atoms with E-state index in [4.69, 9.17) is 33.7 Å². The Balaban J connectivity index is 1.33. The summed E-state index contributed by atoms with van der Waals surface area (Å²) in [4.78, 5) is 30.8. The van der Waals surface area contributed by atoms with Crippen LogP contribution in [0.5, 0.6) is 5.75 Å². The van der Waals surface area contributed by atoms with E-state index in [1.54, 1.807) is 31.2 Å². The number of carbonyl (C=O) groups is 2. The first kappa shape index (κ1) is 27.1. The predicted octanol–water partition coefficient (Wildman–Crippen LogP) is 4.86. The molecular formula is C27H27Cl2FN6O3. The minimum atomic E-state index is -0.791. The highest BCUT2D eigenvalue weighted by Crippen LogP contribution is 2.37. The Bertz CT molecular complexity index is 1390. The van der Waals surface area contributed by atoms with E-state index in [9.17, 15) is 14.0 Å². The van der Waals surface area contributed by atoms with Crippen LogP contribution in [-0.4, -0.2) is 64.5 Å². The Morgan fingerprint density at radius 2 is 1.95 bits per heavy atom. The molecule has 1 aromatic heterocycles. The molecule has 2 atom stereocenters. The van der Waals surface area contributed by atoms with Crippen molar-refractivity contribution < 1.29 is 18.7 Å². The van der Waals surface area contributed by atoms with Crippen LogP contribution in [0.15, 0.2) is 42.5 Å². The van der Waals surface area contributed by atoms with Gasteiger partial charge in [-0.3, -0.25) is 19.4 Å². The first-order chi connectivity index (χ1) is 18.8. The standard InChI is InChI=1S/C27H27Cl2FN6O3/c1-16(24-20(28)8-9-21(30)25(24)29)39-22-13-23(32-33-26(22)31)36(15-37)18-6-4-17(5-7-18)27(38)35-12-11-34-10-2-3-19(34)14-35/h4-9,13,15-16,19H,2-3,10-12,14H2,1H3,(H2,31,33)/t16-,19?/m1/s1. The summed E-state index contributed by atoms with van der Waals surface area (Å²) < 4.78 is 19.9. The normalized spacial score (nSPS) is 17.9. The van der Waals surface area contributed by atoms with E-state index in [1.165, 1.54) is 23.5 Å². The topological polar surface area (TPSA) is 105 Å². The second-order valence-corrected chi connectivity index (χ2v) is 10.4. The van der Waals surface area contributed by atoms with Gasteiger partial charge in [-0.2, -0.15) is 0 Å². The summed E-state index contributed by atoms with van der Waals surface area (Å²) in [6.07, 6.45) is 2.08. The van der Waals surface area contributed by atoms with Crippen LogP contribution in [-0.2, 0) is 4.79 Å². The summed E-state index contributed by atoms with van der Waals surface area (Å²) in [5.41, 5.74) is 7.23. The molecule has 2 amide bonds. The van der Waals surface area contributed by atoms with Crippen molar-refractivity contribution in [3.05, 3.63) is 69.5 Å². The van der Waals surface area contributed by atoms with Crippen LogP contribution in [0.1, 0.15) is 41.8 Å². The van der Waals surface area contributed by atoms with Crippen LogP contribution in [0.4, 0.5) is 21.7 Å². The van der Waals surface area contributed by atoms with Crippen molar-refractivity contribution in [1.82, 2.24) is 20.0 Å². The van der Waals surface area contributed by atoms with Crippen LogP contribution >= 0.6 is 23.2 Å². The molecule has 2 aromatic carbocycles. The number of ether oxygens (including phenoxy) is 1. The molecule has 2 aliphatic heterocycles. The Kier molecular flexibility index (Phi) is 7.88. The molecule has 0 aliphatic carbocycles. The molecule has 1 unspecified atom stereocenters. The third kappa shape index (κ3) is 5.50. The van der Waals surface area contributed by atoms with Gasteiger partial charge in [-0.15, -0.1) is 10.2 Å². The van der Waals surface area contributed by atoms with Gasteiger partial charge in [-0.1, -0.05) is 23.2 Å². The fraction of sp³-hybridized carbons (Fsp3) is 0.333. The van der Waals surface area contributed by atoms with Crippen LogP contribution in [0.2, 0.25) is 10.0 Å². The average molecular weight is 573 g/mol. The quantitative estimate of drug-likeness (QED) is 0.318. The first-order valence-corrected chi connectivity index (χ1v) is 13.3. The minimum absolute atomic E-state index is 0.0302. The molecule has 204 valence electrons. The van der Waals surface area contributed by atoms with E-state index in [2.05, 4.69) is 15.1 Å². The number of anilines is 3. The maximum atomic E-state index is 14.0. The lowest BCUT2D eigenvalue weighted by Gasteiger charge is -2.37. The van der Waals surface area contributed by atoms with E-state index in [0.29, 0.717) is 30.2 Å². The molecule has 12 heteroatoms. The predicted molar refractivity (Wildman–Crippen MR) is 147 cm³/mol. The summed E-state index contributed by atoms with van der Waals surface area (Å²) >= 11 is 12.3. The Hall–Kier alpha value is -3.47. The minimum Gasteiger partial charge on any atom is -0.482 e. The fourth-order valence-electron chi connectivity index (χ4n) is 5.12. The number of nitrogen functional groups attached to an aromatic ring is 1. The number of halogens is 3. The van der Waals surface area contributed by atoms with Gasteiger partial charge in [0.15, 0.2) is 17.4 Å². The monoisotopic (exact) mass is 572 g/mol. The number of piperazine rings is 1. The van der Waals surface area contributed by atoms with Gasteiger partial charge in [0.05, 0.1) is 10.7 Å². The van der Waals surface area contributed by atoms with E-state index >= 15 is 0 Å². The molecule has 2 N–H and O–H groups in total. The summed E-state index contributed by atoms with van der Waals surface area (Å²) in [5.74, 6) is -0.466. The Labute approximate surface area is 235 Å². The van der Waals surface area contributed by atoms with Crippen molar-refractivity contribution in [1.29, 1.82) is 0 Å². The molecule has 2 saturated heterocycles. The maximum Gasteiger partial charge on any atom is 0.253 e. The zero-order valence-electron chi connectivity index (χ0n) is 21.2. The van der Waals surface area contributed by atoms with Gasteiger partial charge in [0.2, 0.25) is 6.41 Å². The summed E-state index contributed by atoms with van der Waals surface area (Å²) in [6.45, 7) is 5.06. The van der Waals surface area contributed by atoms with Gasteiger partial charge < -0.3 is 15.4 Å². The Morgan fingerprint density at radius 1 is 1.18 bits per heavy atom. The smallest absolute Gasteiger partial charge is 0.253 e. The lowest BCUT2D eigenvalue weighted by atomic mass is 10.1. The van der Waals surface area contributed by atoms with Gasteiger partial charge in [0.25, 0.3) is 5.91 Å². The number of nitrogens with two attached hydrogens (primary N) is 1. The molecule has 3 aromatic rings. The van der Waals surface area contributed by atoms with Crippen LogP contribution in [0.3, 0.4) is 0 Å². The van der Waals surface area contributed by atoms with Gasteiger partial charge >= 0.3 is 0 Å². The molecule has 9 nitrogen and oxygen atoms in total. The molecule has 0 bridgehead atoms. The van der Waals surface area contributed by atoms with Crippen molar-refractivity contribution in [2.75, 3.05) is 36.8 Å². The third-order valence-electron chi connectivity index (χ3n) is 7.18. The number of rotatable bonds is 7. The van der Waals surface area contributed by atoms with Crippen molar-refractivity contribution >= 4 is 52.8 Å². The average Bonchev–Trinajstić information content (AvgIpc) is 3.41. The number of hydrogen-bond donors (Lipinski definition) is 1. The van der Waals surface area contributed by atoms with Crippen molar-refractivity contribution in [2.45, 2.75) is 31.9 Å². The number of aromatic nitrogens is 2. The summed E-state index contributed by atoms with van der Waals surface area (Å²) in [7, 11) is 0. The first-order valence-electron chi connectivity index (χ1n) is 12.6. The highest BCUT2D eigenvalue weighted by Gasteiger charge is 2.32. The lowest BCUT2D eigenvalue weighted by Crippen LogP contribution is -2.52. The highest BCUT2D eigenvalue weighted by molar-refractivity contribution is 6.36. The largest absolute Gasteiger partial charge is 0.482 e. The van der Waals surface area contributed by atoms with E-state index < -0.39 is 11.9 Å². The zero-order chi connectivity index (χ0) is 27.7. The van der Waals surface area contributed by atoms with Gasteiger partial charge in [0.1, 0.15) is 11.9 Å². The molecule has 3 heterocycles. The van der Waals surface area contributed by atoms with E-state index in [-0.39, 0.29) is 38.9 Å². The molecule has 39 heavy (non-hydrogen) atoms.